The van der Waals surface area contributed by atoms with Gasteiger partial charge < -0.3 is 14.3 Å². The fourth-order valence-electron chi connectivity index (χ4n) is 4.26. The van der Waals surface area contributed by atoms with E-state index in [0.717, 1.165) is 45.0 Å². The van der Waals surface area contributed by atoms with E-state index in [2.05, 4.69) is 0 Å². The molecule has 5 heteroatoms. The smallest absolute Gasteiger partial charge is 0.172 e. The van der Waals surface area contributed by atoms with Gasteiger partial charge in [-0.1, -0.05) is 37.3 Å². The first-order valence-electron chi connectivity index (χ1n) is 11.7. The SMILES string of the molecule is CCOCCOc1ccc2nc(C(CC)C(=O)c3cc4ccccc4cc3CC=O)ccc2c1. The molecule has 1 atom stereocenters. The number of ether oxygens (including phenoxy) is 2. The highest BCUT2D eigenvalue weighted by molar-refractivity contribution is 6.05. The number of aromatic nitrogens is 1. The number of Topliss-reactive ketones (excluding diaryl/α,β-unsaturated/α-hetero) is 1. The monoisotopic (exact) mass is 455 g/mol. The summed E-state index contributed by atoms with van der Waals surface area (Å²) in [7, 11) is 0. The fraction of sp³-hybridized carbons (Fsp3) is 0.276. The van der Waals surface area contributed by atoms with E-state index < -0.39 is 5.92 Å². The van der Waals surface area contributed by atoms with Crippen molar-refractivity contribution in [2.24, 2.45) is 0 Å². The molecule has 0 N–H and O–H groups in total. The van der Waals surface area contributed by atoms with E-state index in [1.54, 1.807) is 0 Å². The average molecular weight is 456 g/mol. The molecule has 0 aliphatic heterocycles. The molecule has 4 rings (SSSR count). The molecule has 1 heterocycles. The molecule has 0 radical (unpaired) electrons. The summed E-state index contributed by atoms with van der Waals surface area (Å²) in [6, 6.07) is 21.4. The second kappa shape index (κ2) is 11.0. The van der Waals surface area contributed by atoms with Gasteiger partial charge in [-0.2, -0.15) is 0 Å². The number of carbonyl (C=O) groups is 2. The van der Waals surface area contributed by atoms with Gasteiger partial charge in [-0.05, 0) is 66.1 Å². The lowest BCUT2D eigenvalue weighted by Crippen LogP contribution is -2.16. The maximum absolute atomic E-state index is 13.7. The summed E-state index contributed by atoms with van der Waals surface area (Å²) in [4.78, 5) is 29.8. The Morgan fingerprint density at radius 1 is 0.941 bits per heavy atom. The van der Waals surface area contributed by atoms with E-state index in [0.29, 0.717) is 31.8 Å². The standard InChI is InChI=1S/C29H29NO4/c1-3-25(29(32)26-19-21-8-6-5-7-20(21)17-22(26)13-14-31)28-11-9-23-18-24(10-12-27(23)30-28)34-16-15-33-4-2/h5-12,14,17-19,25H,3-4,13,15-16H2,1-2H3. The Labute approximate surface area is 199 Å². The number of hydrogen-bond acceptors (Lipinski definition) is 5. The third-order valence-corrected chi connectivity index (χ3v) is 6.00. The molecule has 0 saturated carbocycles. The number of benzene rings is 3. The molecule has 174 valence electrons. The van der Waals surface area contributed by atoms with Crippen LogP contribution < -0.4 is 4.74 Å². The highest BCUT2D eigenvalue weighted by atomic mass is 16.5. The molecule has 0 aliphatic rings. The molecule has 0 spiro atoms. The second-order valence-electron chi connectivity index (χ2n) is 8.19. The van der Waals surface area contributed by atoms with E-state index in [4.69, 9.17) is 14.5 Å². The molecule has 1 aromatic heterocycles. The van der Waals surface area contributed by atoms with E-state index >= 15 is 0 Å². The number of aldehydes is 1. The van der Waals surface area contributed by atoms with Crippen LogP contribution in [0.4, 0.5) is 0 Å². The number of rotatable bonds is 11. The normalized spacial score (nSPS) is 12.1. The van der Waals surface area contributed by atoms with Crippen molar-refractivity contribution in [2.45, 2.75) is 32.6 Å². The molecular weight excluding hydrogens is 426 g/mol. The van der Waals surface area contributed by atoms with Crippen LogP contribution in [0.5, 0.6) is 5.75 Å². The Kier molecular flexibility index (Phi) is 7.65. The zero-order valence-electron chi connectivity index (χ0n) is 19.6. The second-order valence-corrected chi connectivity index (χ2v) is 8.19. The van der Waals surface area contributed by atoms with E-state index in [1.165, 1.54) is 0 Å². The zero-order chi connectivity index (χ0) is 23.9. The van der Waals surface area contributed by atoms with Gasteiger partial charge in [0.1, 0.15) is 18.6 Å². The van der Waals surface area contributed by atoms with Crippen molar-refractivity contribution in [3.05, 3.63) is 83.6 Å². The molecule has 0 amide bonds. The van der Waals surface area contributed by atoms with Crippen LogP contribution in [0, 0.1) is 0 Å². The summed E-state index contributed by atoms with van der Waals surface area (Å²) >= 11 is 0. The number of ketones is 1. The summed E-state index contributed by atoms with van der Waals surface area (Å²) < 4.78 is 11.1. The highest BCUT2D eigenvalue weighted by Gasteiger charge is 2.24. The maximum Gasteiger partial charge on any atom is 0.172 e. The highest BCUT2D eigenvalue weighted by Crippen LogP contribution is 2.30. The quantitative estimate of drug-likeness (QED) is 0.160. The van der Waals surface area contributed by atoms with Crippen LogP contribution in [0.2, 0.25) is 0 Å². The maximum atomic E-state index is 13.7. The lowest BCUT2D eigenvalue weighted by molar-refractivity contribution is -0.107. The van der Waals surface area contributed by atoms with Crippen molar-refractivity contribution < 1.29 is 19.1 Å². The van der Waals surface area contributed by atoms with Gasteiger partial charge in [0, 0.05) is 24.0 Å². The minimum Gasteiger partial charge on any atom is -0.491 e. The van der Waals surface area contributed by atoms with Crippen LogP contribution in [0.3, 0.4) is 0 Å². The Balaban J connectivity index is 1.63. The van der Waals surface area contributed by atoms with Crippen molar-refractivity contribution in [3.63, 3.8) is 0 Å². The van der Waals surface area contributed by atoms with Crippen molar-refractivity contribution in [1.29, 1.82) is 0 Å². The molecular formula is C29H29NO4. The van der Waals surface area contributed by atoms with Gasteiger partial charge in [0.2, 0.25) is 0 Å². The molecule has 34 heavy (non-hydrogen) atoms. The Morgan fingerprint density at radius 3 is 2.47 bits per heavy atom. The van der Waals surface area contributed by atoms with Crippen LogP contribution in [-0.4, -0.2) is 36.9 Å². The summed E-state index contributed by atoms with van der Waals surface area (Å²) in [6.45, 7) is 5.65. The summed E-state index contributed by atoms with van der Waals surface area (Å²) in [6.07, 6.45) is 1.67. The first kappa shape index (κ1) is 23.6. The Morgan fingerprint density at radius 2 is 1.74 bits per heavy atom. The summed E-state index contributed by atoms with van der Waals surface area (Å²) in [5, 5.41) is 2.96. The average Bonchev–Trinajstić information content (AvgIpc) is 2.86. The lowest BCUT2D eigenvalue weighted by atomic mass is 9.87. The van der Waals surface area contributed by atoms with Gasteiger partial charge >= 0.3 is 0 Å². The summed E-state index contributed by atoms with van der Waals surface area (Å²) in [5.41, 5.74) is 2.90. The van der Waals surface area contributed by atoms with Crippen molar-refractivity contribution in [2.75, 3.05) is 19.8 Å². The minimum atomic E-state index is -0.391. The van der Waals surface area contributed by atoms with Crippen LogP contribution in [0.25, 0.3) is 21.7 Å². The number of fused-ring (bicyclic) bond motifs is 2. The summed E-state index contributed by atoms with van der Waals surface area (Å²) in [5.74, 6) is 0.366. The zero-order valence-corrected chi connectivity index (χ0v) is 19.6. The van der Waals surface area contributed by atoms with Crippen molar-refractivity contribution in [3.8, 4) is 5.75 Å². The van der Waals surface area contributed by atoms with Gasteiger partial charge in [0.25, 0.3) is 0 Å². The van der Waals surface area contributed by atoms with Crippen LogP contribution >= 0.6 is 0 Å². The Hall–Kier alpha value is -3.57. The number of pyridine rings is 1. The van der Waals surface area contributed by atoms with E-state index in [1.807, 2.05) is 80.6 Å². The molecule has 4 aromatic rings. The number of hydrogen-bond donors (Lipinski definition) is 0. The van der Waals surface area contributed by atoms with Crippen molar-refractivity contribution in [1.82, 2.24) is 4.98 Å². The predicted octanol–water partition coefficient (Wildman–Crippen LogP) is 5.92. The molecule has 0 bridgehead atoms. The molecule has 0 saturated heterocycles. The van der Waals surface area contributed by atoms with Gasteiger partial charge in [-0.15, -0.1) is 0 Å². The topological polar surface area (TPSA) is 65.5 Å². The molecule has 5 nitrogen and oxygen atoms in total. The predicted molar refractivity (Wildman–Crippen MR) is 135 cm³/mol. The molecule has 0 aliphatic carbocycles. The van der Waals surface area contributed by atoms with Crippen LogP contribution in [-0.2, 0) is 16.0 Å². The largest absolute Gasteiger partial charge is 0.491 e. The number of nitrogens with zero attached hydrogens (tertiary/aromatic N) is 1. The Bertz CT molecular complexity index is 1310. The van der Waals surface area contributed by atoms with Crippen molar-refractivity contribution >= 4 is 33.7 Å². The van der Waals surface area contributed by atoms with E-state index in [-0.39, 0.29) is 12.2 Å². The minimum absolute atomic E-state index is 0.00664. The fourth-order valence-corrected chi connectivity index (χ4v) is 4.26. The molecule has 0 fully saturated rings. The van der Waals surface area contributed by atoms with Gasteiger partial charge in [0.05, 0.1) is 23.7 Å². The van der Waals surface area contributed by atoms with E-state index in [9.17, 15) is 9.59 Å². The first-order chi connectivity index (χ1) is 16.6. The third-order valence-electron chi connectivity index (χ3n) is 6.00. The van der Waals surface area contributed by atoms with Gasteiger partial charge in [-0.25, -0.2) is 0 Å². The van der Waals surface area contributed by atoms with Gasteiger partial charge in [-0.3, -0.25) is 9.78 Å². The van der Waals surface area contributed by atoms with Crippen LogP contribution in [0.1, 0.15) is 47.8 Å². The number of carbonyl (C=O) groups excluding carboxylic acids is 2. The molecule has 3 aromatic carbocycles. The van der Waals surface area contributed by atoms with Gasteiger partial charge in [0.15, 0.2) is 5.78 Å². The van der Waals surface area contributed by atoms with Crippen LogP contribution in [0.15, 0.2) is 66.7 Å². The molecule has 1 unspecified atom stereocenters. The first-order valence-corrected chi connectivity index (χ1v) is 11.7. The lowest BCUT2D eigenvalue weighted by Gasteiger charge is -2.17. The third kappa shape index (κ3) is 5.15.